The number of allylic oxidation sites excluding steroid dienone is 1. The lowest BCUT2D eigenvalue weighted by Crippen LogP contribution is -2.53. The third-order valence-corrected chi connectivity index (χ3v) is 8.51. The fourth-order valence-corrected chi connectivity index (χ4v) is 7.42. The molecule has 4 aliphatic rings. The van der Waals surface area contributed by atoms with E-state index in [-0.39, 0.29) is 10.8 Å². The predicted octanol–water partition coefficient (Wildman–Crippen LogP) is 4.46. The molecule has 0 amide bonds. The van der Waals surface area contributed by atoms with Crippen molar-refractivity contribution >= 4 is 27.5 Å². The van der Waals surface area contributed by atoms with E-state index in [1.54, 1.807) is 0 Å². The normalized spacial score (nSPS) is 51.0. The van der Waals surface area contributed by atoms with Crippen LogP contribution in [-0.4, -0.2) is 16.4 Å². The van der Waals surface area contributed by atoms with Gasteiger partial charge in [-0.15, -0.1) is 0 Å². The summed E-state index contributed by atoms with van der Waals surface area (Å²) in [7, 11) is 0. The summed E-state index contributed by atoms with van der Waals surface area (Å²) in [6, 6.07) is 0. The molecule has 0 saturated heterocycles. The summed E-state index contributed by atoms with van der Waals surface area (Å²) in [5.74, 6) is 2.67. The molecule has 0 bridgehead atoms. The van der Waals surface area contributed by atoms with Gasteiger partial charge < -0.3 is 0 Å². The monoisotopic (exact) mass is 364 g/mol. The molecule has 0 aromatic heterocycles. The van der Waals surface area contributed by atoms with E-state index in [9.17, 15) is 9.59 Å². The maximum absolute atomic E-state index is 12.4. The summed E-state index contributed by atoms with van der Waals surface area (Å²) in [6.45, 7) is 4.61. The van der Waals surface area contributed by atoms with Crippen LogP contribution in [0, 0.1) is 28.6 Å². The highest BCUT2D eigenvalue weighted by Gasteiger charge is 2.60. The van der Waals surface area contributed by atoms with Crippen LogP contribution in [0.15, 0.2) is 11.6 Å². The van der Waals surface area contributed by atoms with E-state index >= 15 is 0 Å². The summed E-state index contributed by atoms with van der Waals surface area (Å²) in [4.78, 5) is 24.6. The Morgan fingerprint density at radius 2 is 1.77 bits per heavy atom. The van der Waals surface area contributed by atoms with Gasteiger partial charge in [0.25, 0.3) is 0 Å². The van der Waals surface area contributed by atoms with Crippen LogP contribution in [0.5, 0.6) is 0 Å². The van der Waals surface area contributed by atoms with Crippen molar-refractivity contribution in [2.24, 2.45) is 28.6 Å². The molecule has 3 heteroatoms. The summed E-state index contributed by atoms with van der Waals surface area (Å²) in [5.41, 5.74) is 1.45. The van der Waals surface area contributed by atoms with E-state index in [0.717, 1.165) is 38.5 Å². The Balaban J connectivity index is 1.74. The number of halogens is 1. The van der Waals surface area contributed by atoms with Crippen molar-refractivity contribution in [2.45, 2.75) is 63.6 Å². The SMILES string of the molecule is CC12CCC3C(C[C@H](Br)C4=CC(=O)CCC43C)C1CCC2=O. The molecule has 0 heterocycles. The second-order valence-electron chi connectivity index (χ2n) is 8.48. The quantitative estimate of drug-likeness (QED) is 0.594. The molecule has 0 N–H and O–H groups in total. The predicted molar refractivity (Wildman–Crippen MR) is 89.8 cm³/mol. The summed E-state index contributed by atoms with van der Waals surface area (Å²) >= 11 is 3.88. The smallest absolute Gasteiger partial charge is 0.155 e. The Morgan fingerprint density at radius 3 is 2.55 bits per heavy atom. The molecule has 3 saturated carbocycles. The Morgan fingerprint density at radius 1 is 1.05 bits per heavy atom. The Labute approximate surface area is 141 Å². The van der Waals surface area contributed by atoms with Crippen molar-refractivity contribution < 1.29 is 9.59 Å². The van der Waals surface area contributed by atoms with Gasteiger partial charge in [-0.25, -0.2) is 0 Å². The molecule has 6 atom stereocenters. The fraction of sp³-hybridized carbons (Fsp3) is 0.789. The van der Waals surface area contributed by atoms with E-state index in [4.69, 9.17) is 0 Å². The van der Waals surface area contributed by atoms with Crippen molar-refractivity contribution in [3.05, 3.63) is 11.6 Å². The molecule has 4 rings (SSSR count). The summed E-state index contributed by atoms with van der Waals surface area (Å²) < 4.78 is 0. The number of Topliss-reactive ketones (excluding diaryl/α,β-unsaturated/α-hetero) is 1. The van der Waals surface area contributed by atoms with Crippen molar-refractivity contribution in [3.8, 4) is 0 Å². The minimum Gasteiger partial charge on any atom is -0.299 e. The molecule has 0 aromatic rings. The highest BCUT2D eigenvalue weighted by Crippen LogP contribution is 2.65. The summed E-state index contributed by atoms with van der Waals surface area (Å²) in [5, 5.41) is 0. The van der Waals surface area contributed by atoms with E-state index in [1.165, 1.54) is 5.57 Å². The minimum absolute atomic E-state index is 0.0596. The first-order valence-corrected chi connectivity index (χ1v) is 9.70. The van der Waals surface area contributed by atoms with Crippen LogP contribution in [0.1, 0.15) is 58.8 Å². The van der Waals surface area contributed by atoms with Gasteiger partial charge in [0.05, 0.1) is 0 Å². The van der Waals surface area contributed by atoms with Crippen molar-refractivity contribution in [2.75, 3.05) is 0 Å². The first-order valence-electron chi connectivity index (χ1n) is 8.78. The molecule has 3 fully saturated rings. The fourth-order valence-electron chi connectivity index (χ4n) is 6.33. The van der Waals surface area contributed by atoms with Crippen LogP contribution in [0.4, 0.5) is 0 Å². The maximum Gasteiger partial charge on any atom is 0.155 e. The average molecular weight is 365 g/mol. The van der Waals surface area contributed by atoms with E-state index in [0.29, 0.717) is 40.6 Å². The van der Waals surface area contributed by atoms with Gasteiger partial charge in [0.2, 0.25) is 0 Å². The Hall–Kier alpha value is -0.440. The standard InChI is InChI=1S/C19H25BrO2/c1-18-7-5-11(21)9-15(18)16(20)10-12-13-3-4-17(22)19(13,2)8-6-14(12)18/h9,12-14,16H,3-8,10H2,1-2H3/t12?,13?,14?,16-,18?,19?/m0/s1. The van der Waals surface area contributed by atoms with Gasteiger partial charge in [0.1, 0.15) is 5.78 Å². The van der Waals surface area contributed by atoms with Gasteiger partial charge in [-0.3, -0.25) is 9.59 Å². The van der Waals surface area contributed by atoms with Crippen molar-refractivity contribution in [1.82, 2.24) is 0 Å². The molecule has 120 valence electrons. The topological polar surface area (TPSA) is 34.1 Å². The van der Waals surface area contributed by atoms with Crippen LogP contribution >= 0.6 is 15.9 Å². The van der Waals surface area contributed by atoms with Crippen molar-refractivity contribution in [3.63, 3.8) is 0 Å². The molecule has 4 aliphatic carbocycles. The first-order chi connectivity index (χ1) is 10.4. The molecule has 0 radical (unpaired) electrons. The van der Waals surface area contributed by atoms with Crippen LogP contribution in [0.3, 0.4) is 0 Å². The second-order valence-corrected chi connectivity index (χ2v) is 9.59. The largest absolute Gasteiger partial charge is 0.299 e. The van der Waals surface area contributed by atoms with E-state index in [1.807, 2.05) is 6.08 Å². The number of hydrogen-bond acceptors (Lipinski definition) is 2. The molecule has 5 unspecified atom stereocenters. The van der Waals surface area contributed by atoms with Crippen LogP contribution in [-0.2, 0) is 9.59 Å². The lowest BCUT2D eigenvalue weighted by molar-refractivity contribution is -0.132. The van der Waals surface area contributed by atoms with Gasteiger partial charge in [-0.2, -0.15) is 0 Å². The van der Waals surface area contributed by atoms with Gasteiger partial charge in [0.15, 0.2) is 5.78 Å². The Kier molecular flexibility index (Phi) is 3.28. The van der Waals surface area contributed by atoms with Crippen LogP contribution < -0.4 is 0 Å². The number of alkyl halides is 1. The number of carbonyl (C=O) groups excluding carboxylic acids is 2. The number of carbonyl (C=O) groups is 2. The molecular weight excluding hydrogens is 340 g/mol. The third-order valence-electron chi connectivity index (χ3n) is 7.65. The first kappa shape index (κ1) is 15.1. The van der Waals surface area contributed by atoms with Gasteiger partial charge in [-0.05, 0) is 66.9 Å². The highest BCUT2D eigenvalue weighted by molar-refractivity contribution is 9.09. The maximum atomic E-state index is 12.4. The third kappa shape index (κ3) is 1.84. The highest BCUT2D eigenvalue weighted by atomic mass is 79.9. The lowest BCUT2D eigenvalue weighted by Gasteiger charge is -2.58. The van der Waals surface area contributed by atoms with E-state index in [2.05, 4.69) is 29.8 Å². The average Bonchev–Trinajstić information content (AvgIpc) is 2.77. The van der Waals surface area contributed by atoms with Gasteiger partial charge >= 0.3 is 0 Å². The van der Waals surface area contributed by atoms with Crippen LogP contribution in [0.2, 0.25) is 0 Å². The number of hydrogen-bond donors (Lipinski definition) is 0. The molecule has 0 spiro atoms. The van der Waals surface area contributed by atoms with Gasteiger partial charge in [-0.1, -0.05) is 29.8 Å². The second kappa shape index (κ2) is 4.78. The Bertz CT molecular complexity index is 580. The molecule has 0 aliphatic heterocycles. The summed E-state index contributed by atoms with van der Waals surface area (Å²) in [6.07, 6.45) is 8.83. The minimum atomic E-state index is -0.0596. The van der Waals surface area contributed by atoms with Crippen LogP contribution in [0.25, 0.3) is 0 Å². The molecular formula is C19H25BrO2. The lowest BCUT2D eigenvalue weighted by atomic mass is 9.47. The number of fused-ring (bicyclic) bond motifs is 5. The number of rotatable bonds is 0. The van der Waals surface area contributed by atoms with E-state index < -0.39 is 0 Å². The zero-order valence-electron chi connectivity index (χ0n) is 13.5. The zero-order chi connectivity index (χ0) is 15.7. The molecule has 0 aromatic carbocycles. The number of ketones is 2. The molecule has 2 nitrogen and oxygen atoms in total. The zero-order valence-corrected chi connectivity index (χ0v) is 15.1. The van der Waals surface area contributed by atoms with Gasteiger partial charge in [0, 0.05) is 23.1 Å². The van der Waals surface area contributed by atoms with Crippen molar-refractivity contribution in [1.29, 1.82) is 0 Å². The molecule has 22 heavy (non-hydrogen) atoms.